The molecule has 0 aromatic carbocycles. The Morgan fingerprint density at radius 1 is 1.37 bits per heavy atom. The van der Waals surface area contributed by atoms with E-state index in [9.17, 15) is 4.79 Å². The van der Waals surface area contributed by atoms with Gasteiger partial charge in [-0.3, -0.25) is 9.78 Å². The molecule has 0 radical (unpaired) electrons. The highest BCUT2D eigenvalue weighted by molar-refractivity contribution is 5.92. The molecule has 1 aromatic rings. The first-order valence-corrected chi connectivity index (χ1v) is 6.77. The molecule has 19 heavy (non-hydrogen) atoms. The summed E-state index contributed by atoms with van der Waals surface area (Å²) in [6.07, 6.45) is 2.68. The van der Waals surface area contributed by atoms with Gasteiger partial charge in [0.25, 0.3) is 5.91 Å². The van der Waals surface area contributed by atoms with Crippen molar-refractivity contribution in [2.24, 2.45) is 0 Å². The Hall–Kier alpha value is -1.46. The van der Waals surface area contributed by atoms with Gasteiger partial charge >= 0.3 is 0 Å². The van der Waals surface area contributed by atoms with Gasteiger partial charge in [-0.1, -0.05) is 0 Å². The van der Waals surface area contributed by atoms with Gasteiger partial charge in [-0.2, -0.15) is 0 Å². The van der Waals surface area contributed by atoms with E-state index in [1.165, 1.54) is 5.56 Å². The van der Waals surface area contributed by atoms with E-state index in [-0.39, 0.29) is 5.91 Å². The first-order valence-electron chi connectivity index (χ1n) is 6.77. The second-order valence-corrected chi connectivity index (χ2v) is 5.02. The van der Waals surface area contributed by atoms with Gasteiger partial charge in [0.05, 0.1) is 0 Å². The lowest BCUT2D eigenvalue weighted by Gasteiger charge is -2.32. The Morgan fingerprint density at radius 2 is 2.11 bits per heavy atom. The highest BCUT2D eigenvalue weighted by Gasteiger charge is 2.13. The average Bonchev–Trinajstić information content (AvgIpc) is 2.46. The zero-order valence-corrected chi connectivity index (χ0v) is 11.7. The van der Waals surface area contributed by atoms with Crippen LogP contribution in [0.3, 0.4) is 0 Å². The molecule has 1 aliphatic rings. The van der Waals surface area contributed by atoms with Gasteiger partial charge in [-0.25, -0.2) is 0 Å². The molecule has 5 heteroatoms. The highest BCUT2D eigenvalue weighted by Crippen LogP contribution is 2.06. The quantitative estimate of drug-likeness (QED) is 0.844. The number of aromatic nitrogens is 1. The number of nitrogens with zero attached hydrogens (tertiary/aromatic N) is 3. The second kappa shape index (κ2) is 6.63. The third kappa shape index (κ3) is 4.01. The van der Waals surface area contributed by atoms with Crippen molar-refractivity contribution in [1.82, 2.24) is 20.1 Å². The molecule has 1 fully saturated rings. The number of likely N-dealkylation sites (N-methyl/N-ethyl adjacent to an activating group) is 1. The summed E-state index contributed by atoms with van der Waals surface area (Å²) in [5.74, 6) is -0.124. The zero-order chi connectivity index (χ0) is 13.7. The van der Waals surface area contributed by atoms with Crippen LogP contribution < -0.4 is 5.32 Å². The summed E-state index contributed by atoms with van der Waals surface area (Å²) >= 11 is 0. The van der Waals surface area contributed by atoms with E-state index < -0.39 is 0 Å². The normalized spacial score (nSPS) is 17.4. The van der Waals surface area contributed by atoms with Gasteiger partial charge in [0, 0.05) is 46.0 Å². The van der Waals surface area contributed by atoms with E-state index in [0.717, 1.165) is 39.1 Å². The molecular weight excluding hydrogens is 240 g/mol. The molecule has 5 nitrogen and oxygen atoms in total. The average molecular weight is 262 g/mol. The Labute approximate surface area is 114 Å². The SMILES string of the molecule is CNC(=O)c1cc(CCN2CCN(C)CC2)ccn1. The molecule has 0 spiro atoms. The number of nitrogens with one attached hydrogen (secondary N) is 1. The molecule has 1 N–H and O–H groups in total. The maximum absolute atomic E-state index is 11.5. The van der Waals surface area contributed by atoms with Crippen molar-refractivity contribution in [3.05, 3.63) is 29.6 Å². The summed E-state index contributed by atoms with van der Waals surface area (Å²) in [5.41, 5.74) is 1.67. The van der Waals surface area contributed by atoms with Gasteiger partial charge < -0.3 is 15.1 Å². The zero-order valence-electron chi connectivity index (χ0n) is 11.7. The summed E-state index contributed by atoms with van der Waals surface area (Å²) in [4.78, 5) is 20.4. The highest BCUT2D eigenvalue weighted by atomic mass is 16.1. The molecule has 2 heterocycles. The van der Waals surface area contributed by atoms with Crippen LogP contribution in [0.15, 0.2) is 18.3 Å². The number of hydrogen-bond acceptors (Lipinski definition) is 4. The molecule has 104 valence electrons. The van der Waals surface area contributed by atoms with Gasteiger partial charge in [-0.05, 0) is 31.2 Å². The van der Waals surface area contributed by atoms with Gasteiger partial charge in [0.15, 0.2) is 0 Å². The first kappa shape index (κ1) is 14.0. The fraction of sp³-hybridized carbons (Fsp3) is 0.571. The summed E-state index contributed by atoms with van der Waals surface area (Å²) < 4.78 is 0. The molecule has 2 rings (SSSR count). The summed E-state index contributed by atoms with van der Waals surface area (Å²) in [5, 5.41) is 2.60. The number of pyridine rings is 1. The molecule has 1 amide bonds. The first-order chi connectivity index (χ1) is 9.19. The van der Waals surface area contributed by atoms with Crippen molar-refractivity contribution in [3.8, 4) is 0 Å². The third-order valence-corrected chi connectivity index (χ3v) is 3.60. The third-order valence-electron chi connectivity index (χ3n) is 3.60. The van der Waals surface area contributed by atoms with E-state index in [4.69, 9.17) is 0 Å². The van der Waals surface area contributed by atoms with Crippen molar-refractivity contribution in [1.29, 1.82) is 0 Å². The van der Waals surface area contributed by atoms with Crippen LogP contribution in [-0.4, -0.2) is 67.5 Å². The van der Waals surface area contributed by atoms with Crippen molar-refractivity contribution >= 4 is 5.91 Å². The maximum Gasteiger partial charge on any atom is 0.269 e. The van der Waals surface area contributed by atoms with Crippen LogP contribution in [0.25, 0.3) is 0 Å². The summed E-state index contributed by atoms with van der Waals surface area (Å²) in [6.45, 7) is 5.58. The van der Waals surface area contributed by atoms with Gasteiger partial charge in [0.2, 0.25) is 0 Å². The Bertz CT molecular complexity index is 427. The number of carbonyl (C=O) groups excluding carboxylic acids is 1. The maximum atomic E-state index is 11.5. The Morgan fingerprint density at radius 3 is 2.79 bits per heavy atom. The summed E-state index contributed by atoms with van der Waals surface area (Å²) in [7, 11) is 3.79. The van der Waals surface area contributed by atoms with Crippen molar-refractivity contribution in [2.75, 3.05) is 46.8 Å². The van der Waals surface area contributed by atoms with E-state index in [1.807, 2.05) is 12.1 Å². The predicted octanol–water partition coefficient (Wildman–Crippen LogP) is 0.231. The molecular formula is C14H22N4O. The van der Waals surface area contributed by atoms with Crippen LogP contribution in [0.5, 0.6) is 0 Å². The minimum absolute atomic E-state index is 0.124. The fourth-order valence-electron chi connectivity index (χ4n) is 2.24. The molecule has 1 aromatic heterocycles. The van der Waals surface area contributed by atoms with E-state index in [2.05, 4.69) is 27.1 Å². The summed E-state index contributed by atoms with van der Waals surface area (Å²) in [6, 6.07) is 3.87. The fourth-order valence-corrected chi connectivity index (χ4v) is 2.24. The molecule has 0 atom stereocenters. The van der Waals surface area contributed by atoms with Crippen LogP contribution in [0.1, 0.15) is 16.1 Å². The molecule has 1 aliphatic heterocycles. The van der Waals surface area contributed by atoms with Crippen LogP contribution in [-0.2, 0) is 6.42 Å². The number of hydrogen-bond donors (Lipinski definition) is 1. The van der Waals surface area contributed by atoms with E-state index >= 15 is 0 Å². The lowest BCUT2D eigenvalue weighted by molar-refractivity contribution is 0.0958. The van der Waals surface area contributed by atoms with Crippen molar-refractivity contribution < 1.29 is 4.79 Å². The van der Waals surface area contributed by atoms with Crippen LogP contribution in [0, 0.1) is 0 Å². The standard InChI is InChI=1S/C14H22N4O/c1-15-14(19)13-11-12(3-5-16-13)4-6-18-9-7-17(2)8-10-18/h3,5,11H,4,6-10H2,1-2H3,(H,15,19). The molecule has 0 bridgehead atoms. The molecule has 0 aliphatic carbocycles. The van der Waals surface area contributed by atoms with Crippen LogP contribution in [0.4, 0.5) is 0 Å². The van der Waals surface area contributed by atoms with Crippen LogP contribution >= 0.6 is 0 Å². The minimum Gasteiger partial charge on any atom is -0.354 e. The predicted molar refractivity (Wildman–Crippen MR) is 75.3 cm³/mol. The van der Waals surface area contributed by atoms with Gasteiger partial charge in [0.1, 0.15) is 5.69 Å². The van der Waals surface area contributed by atoms with E-state index in [0.29, 0.717) is 5.69 Å². The number of piperazine rings is 1. The molecule has 0 unspecified atom stereocenters. The lowest BCUT2D eigenvalue weighted by Crippen LogP contribution is -2.45. The van der Waals surface area contributed by atoms with Gasteiger partial charge in [-0.15, -0.1) is 0 Å². The lowest BCUT2D eigenvalue weighted by atomic mass is 10.1. The number of carbonyl (C=O) groups is 1. The minimum atomic E-state index is -0.124. The smallest absolute Gasteiger partial charge is 0.269 e. The topological polar surface area (TPSA) is 48.5 Å². The van der Waals surface area contributed by atoms with Crippen molar-refractivity contribution in [3.63, 3.8) is 0 Å². The monoisotopic (exact) mass is 262 g/mol. The second-order valence-electron chi connectivity index (χ2n) is 5.02. The van der Waals surface area contributed by atoms with E-state index in [1.54, 1.807) is 13.2 Å². The van der Waals surface area contributed by atoms with Crippen LogP contribution in [0.2, 0.25) is 0 Å². The molecule has 0 saturated carbocycles. The number of amides is 1. The molecule has 1 saturated heterocycles. The van der Waals surface area contributed by atoms with Crippen molar-refractivity contribution in [2.45, 2.75) is 6.42 Å². The number of rotatable bonds is 4. The Balaban J connectivity index is 1.87. The largest absolute Gasteiger partial charge is 0.354 e. The Kier molecular flexibility index (Phi) is 4.87.